The van der Waals surface area contributed by atoms with E-state index in [0.29, 0.717) is 12.5 Å². The molecule has 0 spiro atoms. The maximum Gasteiger partial charge on any atom is 0.119 e. The lowest BCUT2D eigenvalue weighted by Crippen LogP contribution is -2.20. The molecule has 3 heteroatoms. The van der Waals surface area contributed by atoms with Crippen LogP contribution in [0.3, 0.4) is 0 Å². The van der Waals surface area contributed by atoms with Gasteiger partial charge in [-0.05, 0) is 36.5 Å². The molecule has 1 aliphatic carbocycles. The normalized spacial score (nSPS) is 18.9. The van der Waals surface area contributed by atoms with E-state index in [1.807, 2.05) is 24.3 Å². The fourth-order valence-electron chi connectivity index (χ4n) is 2.94. The highest BCUT2D eigenvalue weighted by atomic mass is 16.5. The smallest absolute Gasteiger partial charge is 0.119 e. The molecule has 3 N–H and O–H groups in total. The van der Waals surface area contributed by atoms with Crippen molar-refractivity contribution in [2.75, 3.05) is 6.61 Å². The van der Waals surface area contributed by atoms with Crippen molar-refractivity contribution in [2.24, 2.45) is 11.7 Å². The molecular formula is C17H27NO2. The van der Waals surface area contributed by atoms with E-state index in [1.54, 1.807) is 0 Å². The van der Waals surface area contributed by atoms with Crippen LogP contribution in [0.4, 0.5) is 0 Å². The van der Waals surface area contributed by atoms with Gasteiger partial charge in [-0.25, -0.2) is 0 Å². The van der Waals surface area contributed by atoms with Crippen molar-refractivity contribution in [1.29, 1.82) is 0 Å². The minimum Gasteiger partial charge on any atom is -0.491 e. The predicted molar refractivity (Wildman–Crippen MR) is 81.7 cm³/mol. The first-order valence-electron chi connectivity index (χ1n) is 7.85. The number of hydrogen-bond donors (Lipinski definition) is 2. The standard InChI is InChI=1S/C17H27NO2/c1-2-17(18)14-7-9-16(10-8-14)20-12-15(19)11-13-5-3-4-6-13/h7-10,13,15,17,19H,2-6,11-12,18H2,1H3/t15?,17-/m0/s1. The van der Waals surface area contributed by atoms with Gasteiger partial charge < -0.3 is 15.6 Å². The van der Waals surface area contributed by atoms with Crippen LogP contribution in [-0.2, 0) is 0 Å². The minimum absolute atomic E-state index is 0.0945. The van der Waals surface area contributed by atoms with E-state index in [9.17, 15) is 5.11 Å². The van der Waals surface area contributed by atoms with Gasteiger partial charge in [-0.2, -0.15) is 0 Å². The molecule has 1 aromatic carbocycles. The van der Waals surface area contributed by atoms with E-state index in [0.717, 1.165) is 24.2 Å². The van der Waals surface area contributed by atoms with Gasteiger partial charge in [0.1, 0.15) is 12.4 Å². The van der Waals surface area contributed by atoms with Gasteiger partial charge in [-0.1, -0.05) is 44.7 Å². The second-order valence-electron chi connectivity index (χ2n) is 5.93. The van der Waals surface area contributed by atoms with Crippen molar-refractivity contribution < 1.29 is 9.84 Å². The number of rotatable bonds is 7. The van der Waals surface area contributed by atoms with Crippen molar-refractivity contribution in [3.05, 3.63) is 29.8 Å². The maximum absolute atomic E-state index is 10.0. The molecule has 0 radical (unpaired) electrons. The highest BCUT2D eigenvalue weighted by Crippen LogP contribution is 2.28. The Kier molecular flexibility index (Phi) is 5.86. The Morgan fingerprint density at radius 1 is 1.25 bits per heavy atom. The van der Waals surface area contributed by atoms with E-state index >= 15 is 0 Å². The van der Waals surface area contributed by atoms with Gasteiger partial charge in [0.2, 0.25) is 0 Å². The van der Waals surface area contributed by atoms with Crippen LogP contribution in [0.2, 0.25) is 0 Å². The van der Waals surface area contributed by atoms with Crippen molar-refractivity contribution in [3.63, 3.8) is 0 Å². The molecule has 2 rings (SSSR count). The van der Waals surface area contributed by atoms with Crippen LogP contribution in [0, 0.1) is 5.92 Å². The Balaban J connectivity index is 1.75. The average molecular weight is 277 g/mol. The molecule has 1 saturated carbocycles. The summed E-state index contributed by atoms with van der Waals surface area (Å²) >= 11 is 0. The summed E-state index contributed by atoms with van der Waals surface area (Å²) < 4.78 is 5.66. The number of nitrogens with two attached hydrogens (primary N) is 1. The summed E-state index contributed by atoms with van der Waals surface area (Å²) in [6, 6.07) is 7.98. The molecule has 0 aliphatic heterocycles. The predicted octanol–water partition coefficient (Wildman–Crippen LogP) is 3.42. The molecule has 20 heavy (non-hydrogen) atoms. The van der Waals surface area contributed by atoms with E-state index in [2.05, 4.69) is 6.92 Å². The molecular weight excluding hydrogens is 250 g/mol. The lowest BCUT2D eigenvalue weighted by Gasteiger charge is -2.16. The second-order valence-corrected chi connectivity index (χ2v) is 5.93. The first kappa shape index (κ1) is 15.3. The monoisotopic (exact) mass is 277 g/mol. The summed E-state index contributed by atoms with van der Waals surface area (Å²) in [7, 11) is 0. The fraction of sp³-hybridized carbons (Fsp3) is 0.647. The molecule has 3 nitrogen and oxygen atoms in total. The summed E-state index contributed by atoms with van der Waals surface area (Å²) in [4.78, 5) is 0. The van der Waals surface area contributed by atoms with Gasteiger partial charge in [0.05, 0.1) is 6.10 Å². The van der Waals surface area contributed by atoms with Gasteiger partial charge in [0.15, 0.2) is 0 Å². The molecule has 0 bridgehead atoms. The van der Waals surface area contributed by atoms with Gasteiger partial charge in [-0.3, -0.25) is 0 Å². The summed E-state index contributed by atoms with van der Waals surface area (Å²) in [5.74, 6) is 1.50. The van der Waals surface area contributed by atoms with Crippen molar-refractivity contribution in [2.45, 2.75) is 57.6 Å². The molecule has 2 atom stereocenters. The molecule has 0 aromatic heterocycles. The number of hydrogen-bond acceptors (Lipinski definition) is 3. The van der Waals surface area contributed by atoms with E-state index in [1.165, 1.54) is 25.7 Å². The topological polar surface area (TPSA) is 55.5 Å². The summed E-state index contributed by atoms with van der Waals surface area (Å²) in [6.45, 7) is 2.46. The fourth-order valence-corrected chi connectivity index (χ4v) is 2.94. The molecule has 0 saturated heterocycles. The highest BCUT2D eigenvalue weighted by molar-refractivity contribution is 5.29. The summed E-state index contributed by atoms with van der Waals surface area (Å²) in [5, 5.41) is 10.0. The van der Waals surface area contributed by atoms with E-state index in [-0.39, 0.29) is 12.1 Å². The van der Waals surface area contributed by atoms with Gasteiger partial charge in [0.25, 0.3) is 0 Å². The zero-order valence-electron chi connectivity index (χ0n) is 12.4. The van der Waals surface area contributed by atoms with Gasteiger partial charge in [0, 0.05) is 6.04 Å². The van der Waals surface area contributed by atoms with Gasteiger partial charge in [-0.15, -0.1) is 0 Å². The van der Waals surface area contributed by atoms with Crippen LogP contribution < -0.4 is 10.5 Å². The first-order valence-corrected chi connectivity index (χ1v) is 7.85. The molecule has 1 aromatic rings. The van der Waals surface area contributed by atoms with Crippen LogP contribution in [0.15, 0.2) is 24.3 Å². The van der Waals surface area contributed by atoms with Crippen LogP contribution in [0.5, 0.6) is 5.75 Å². The highest BCUT2D eigenvalue weighted by Gasteiger charge is 2.19. The number of aliphatic hydroxyl groups is 1. The van der Waals surface area contributed by atoms with Crippen LogP contribution in [0.25, 0.3) is 0 Å². The van der Waals surface area contributed by atoms with Crippen molar-refractivity contribution in [1.82, 2.24) is 0 Å². The Morgan fingerprint density at radius 2 is 1.90 bits per heavy atom. The molecule has 0 heterocycles. The van der Waals surface area contributed by atoms with E-state index < -0.39 is 0 Å². The van der Waals surface area contributed by atoms with Crippen molar-refractivity contribution >= 4 is 0 Å². The number of aliphatic hydroxyl groups excluding tert-OH is 1. The molecule has 0 amide bonds. The second kappa shape index (κ2) is 7.65. The SMILES string of the molecule is CC[C@H](N)c1ccc(OCC(O)CC2CCCC2)cc1. The largest absolute Gasteiger partial charge is 0.491 e. The molecule has 1 aliphatic rings. The van der Waals surface area contributed by atoms with E-state index in [4.69, 9.17) is 10.5 Å². The Morgan fingerprint density at radius 3 is 2.50 bits per heavy atom. The number of ether oxygens (including phenoxy) is 1. The van der Waals surface area contributed by atoms with Crippen molar-refractivity contribution in [3.8, 4) is 5.75 Å². The lowest BCUT2D eigenvalue weighted by molar-refractivity contribution is 0.0855. The third-order valence-corrected chi connectivity index (χ3v) is 4.27. The summed E-state index contributed by atoms with van der Waals surface area (Å²) in [5.41, 5.74) is 7.11. The first-order chi connectivity index (χ1) is 9.69. The molecule has 112 valence electrons. The van der Waals surface area contributed by atoms with Crippen LogP contribution >= 0.6 is 0 Å². The Hall–Kier alpha value is -1.06. The molecule has 1 unspecified atom stereocenters. The quantitative estimate of drug-likeness (QED) is 0.803. The maximum atomic E-state index is 10.0. The van der Waals surface area contributed by atoms with Crippen LogP contribution in [-0.4, -0.2) is 17.8 Å². The molecule has 1 fully saturated rings. The van der Waals surface area contributed by atoms with Gasteiger partial charge >= 0.3 is 0 Å². The third-order valence-electron chi connectivity index (χ3n) is 4.27. The zero-order valence-corrected chi connectivity index (χ0v) is 12.4. The number of benzene rings is 1. The zero-order chi connectivity index (χ0) is 14.4. The Bertz CT molecular complexity index is 384. The summed E-state index contributed by atoms with van der Waals surface area (Å²) in [6.07, 6.45) is 6.62. The average Bonchev–Trinajstić information content (AvgIpc) is 2.97. The van der Waals surface area contributed by atoms with Crippen LogP contribution in [0.1, 0.15) is 57.1 Å². The Labute approximate surface area is 122 Å². The third kappa shape index (κ3) is 4.50. The minimum atomic E-state index is -0.351. The lowest BCUT2D eigenvalue weighted by atomic mass is 10.0.